The highest BCUT2D eigenvalue weighted by Gasteiger charge is 2.66. The number of aldehydes is 1. The van der Waals surface area contributed by atoms with Gasteiger partial charge in [-0.15, -0.1) is 0 Å². The smallest absolute Gasteiger partial charge is 0.172 e. The lowest BCUT2D eigenvalue weighted by Crippen LogP contribution is -2.46. The van der Waals surface area contributed by atoms with Crippen molar-refractivity contribution in [2.24, 2.45) is 22.5 Å². The van der Waals surface area contributed by atoms with Gasteiger partial charge in [0.05, 0.1) is 18.2 Å². The topological polar surface area (TPSA) is 132 Å². The van der Waals surface area contributed by atoms with Gasteiger partial charge in [-0.2, -0.15) is 15.8 Å². The summed E-state index contributed by atoms with van der Waals surface area (Å²) in [6, 6.07) is 5.64. The number of Topliss-reactive ketones (excluding diaryl/α,β-unsaturated/α-hetero) is 1. The van der Waals surface area contributed by atoms with Crippen molar-refractivity contribution in [3.8, 4) is 18.2 Å². The molecule has 0 unspecified atom stereocenters. The van der Waals surface area contributed by atoms with Gasteiger partial charge < -0.3 is 5.73 Å². The molecule has 0 aromatic rings. The number of hydrogen-bond acceptors (Lipinski definition) is 6. The van der Waals surface area contributed by atoms with E-state index in [0.29, 0.717) is 25.5 Å². The summed E-state index contributed by atoms with van der Waals surface area (Å²) in [5.74, 6) is -0.958. The number of hydrogen-bond donors (Lipinski definition) is 1. The Bertz CT molecular complexity index is 630. The fourth-order valence-corrected chi connectivity index (χ4v) is 3.38. The van der Waals surface area contributed by atoms with Gasteiger partial charge in [0.15, 0.2) is 5.41 Å². The van der Waals surface area contributed by atoms with Crippen molar-refractivity contribution in [1.82, 2.24) is 0 Å². The number of nitrogens with two attached hydrogens (primary N) is 1. The van der Waals surface area contributed by atoms with Crippen LogP contribution in [0.25, 0.3) is 0 Å². The molecule has 2 aliphatic carbocycles. The van der Waals surface area contributed by atoms with Crippen LogP contribution in [0.4, 0.5) is 0 Å². The Hall–Kier alpha value is -2.65. The Kier molecular flexibility index (Phi) is 3.08. The zero-order valence-electron chi connectivity index (χ0n) is 10.7. The molecule has 0 spiro atoms. The monoisotopic (exact) mass is 268 g/mol. The Labute approximate surface area is 116 Å². The third-order valence-electron chi connectivity index (χ3n) is 4.43. The van der Waals surface area contributed by atoms with Crippen LogP contribution in [0.5, 0.6) is 0 Å². The summed E-state index contributed by atoms with van der Waals surface area (Å²) in [7, 11) is 0. The number of ketones is 1. The summed E-state index contributed by atoms with van der Waals surface area (Å²) in [5, 5.41) is 28.5. The van der Waals surface area contributed by atoms with Crippen molar-refractivity contribution in [3.63, 3.8) is 0 Å². The van der Waals surface area contributed by atoms with Crippen LogP contribution in [0.15, 0.2) is 11.3 Å². The minimum Gasteiger partial charge on any atom is -0.400 e. The van der Waals surface area contributed by atoms with Gasteiger partial charge in [0.25, 0.3) is 0 Å². The molecular weight excluding hydrogens is 256 g/mol. The number of nitrogens with zero attached hydrogens (tertiary/aromatic N) is 3. The van der Waals surface area contributed by atoms with Crippen molar-refractivity contribution in [1.29, 1.82) is 15.8 Å². The third kappa shape index (κ3) is 1.35. The summed E-state index contributed by atoms with van der Waals surface area (Å²) in [4.78, 5) is 23.1. The number of carbonyl (C=O) groups is 2. The fourth-order valence-electron chi connectivity index (χ4n) is 3.38. The molecule has 0 aromatic heterocycles. The molecule has 2 rings (SSSR count). The third-order valence-corrected chi connectivity index (χ3v) is 4.43. The largest absolute Gasteiger partial charge is 0.400 e. The average molecular weight is 268 g/mol. The average Bonchev–Trinajstić information content (AvgIpc) is 2.99. The predicted molar refractivity (Wildman–Crippen MR) is 65.9 cm³/mol. The standard InChI is InChI=1S/C14H12N4O2/c15-6-13(7-16)4-9(5-19)12(18)14(13,8-17)10-2-1-3-11(10)20/h5,10H,1-4,18H2/t10-,14-/m0/s1. The quantitative estimate of drug-likeness (QED) is 0.733. The van der Waals surface area contributed by atoms with E-state index in [9.17, 15) is 25.4 Å². The fraction of sp³-hybridized carbons (Fsp3) is 0.500. The molecule has 0 aromatic carbocycles. The van der Waals surface area contributed by atoms with E-state index < -0.39 is 16.7 Å². The minimum atomic E-state index is -1.77. The number of carbonyl (C=O) groups excluding carboxylic acids is 2. The molecule has 0 bridgehead atoms. The van der Waals surface area contributed by atoms with E-state index in [0.717, 1.165) is 0 Å². The summed E-state index contributed by atoms with van der Waals surface area (Å²) in [5.41, 5.74) is 2.43. The highest BCUT2D eigenvalue weighted by atomic mass is 16.1. The second-order valence-corrected chi connectivity index (χ2v) is 5.19. The van der Waals surface area contributed by atoms with Gasteiger partial charge in [0, 0.05) is 30.0 Å². The van der Waals surface area contributed by atoms with Crippen LogP contribution in [0.1, 0.15) is 25.7 Å². The van der Waals surface area contributed by atoms with Crippen LogP contribution in [0.3, 0.4) is 0 Å². The van der Waals surface area contributed by atoms with Crippen LogP contribution in [-0.2, 0) is 9.59 Å². The van der Waals surface area contributed by atoms with Crippen molar-refractivity contribution in [2.45, 2.75) is 25.7 Å². The van der Waals surface area contributed by atoms with Crippen LogP contribution < -0.4 is 5.73 Å². The first-order chi connectivity index (χ1) is 9.52. The molecule has 100 valence electrons. The van der Waals surface area contributed by atoms with E-state index in [-0.39, 0.29) is 23.5 Å². The second-order valence-electron chi connectivity index (χ2n) is 5.19. The molecular formula is C14H12N4O2. The maximum atomic E-state index is 12.0. The highest BCUT2D eigenvalue weighted by molar-refractivity contribution is 5.87. The Balaban J connectivity index is 2.75. The van der Waals surface area contributed by atoms with Gasteiger partial charge in [-0.1, -0.05) is 0 Å². The maximum Gasteiger partial charge on any atom is 0.172 e. The van der Waals surface area contributed by atoms with Crippen LogP contribution >= 0.6 is 0 Å². The molecule has 0 heterocycles. The summed E-state index contributed by atoms with van der Waals surface area (Å²) in [6.07, 6.45) is 1.59. The van der Waals surface area contributed by atoms with E-state index in [4.69, 9.17) is 5.73 Å². The van der Waals surface area contributed by atoms with Crippen LogP contribution in [-0.4, -0.2) is 12.1 Å². The Morgan fingerprint density at radius 1 is 1.25 bits per heavy atom. The lowest BCUT2D eigenvalue weighted by Gasteiger charge is -2.36. The molecule has 1 saturated carbocycles. The predicted octanol–water partition coefficient (Wildman–Crippen LogP) is 0.715. The van der Waals surface area contributed by atoms with E-state index in [1.54, 1.807) is 0 Å². The summed E-state index contributed by atoms with van der Waals surface area (Å²) >= 11 is 0. The van der Waals surface area contributed by atoms with E-state index >= 15 is 0 Å². The molecule has 2 aliphatic rings. The molecule has 0 amide bonds. The van der Waals surface area contributed by atoms with E-state index in [1.807, 2.05) is 18.2 Å². The molecule has 2 N–H and O–H groups in total. The first kappa shape index (κ1) is 13.8. The molecule has 0 radical (unpaired) electrons. The van der Waals surface area contributed by atoms with Crippen molar-refractivity contribution >= 4 is 12.1 Å². The zero-order valence-corrected chi connectivity index (χ0v) is 10.7. The maximum absolute atomic E-state index is 12.0. The van der Waals surface area contributed by atoms with E-state index in [2.05, 4.69) is 0 Å². The first-order valence-electron chi connectivity index (χ1n) is 6.23. The molecule has 20 heavy (non-hydrogen) atoms. The van der Waals surface area contributed by atoms with Gasteiger partial charge in [-0.05, 0) is 12.8 Å². The highest BCUT2D eigenvalue weighted by Crippen LogP contribution is 2.59. The molecule has 2 atom stereocenters. The molecule has 6 heteroatoms. The Morgan fingerprint density at radius 2 is 1.90 bits per heavy atom. The normalized spacial score (nSPS) is 31.4. The summed E-state index contributed by atoms with van der Waals surface area (Å²) in [6.45, 7) is 0. The summed E-state index contributed by atoms with van der Waals surface area (Å²) < 4.78 is 0. The molecule has 0 aliphatic heterocycles. The van der Waals surface area contributed by atoms with Gasteiger partial charge in [0.1, 0.15) is 17.5 Å². The van der Waals surface area contributed by atoms with Gasteiger partial charge >= 0.3 is 0 Å². The van der Waals surface area contributed by atoms with Gasteiger partial charge in [-0.25, -0.2) is 0 Å². The van der Waals surface area contributed by atoms with E-state index in [1.165, 1.54) is 0 Å². The van der Waals surface area contributed by atoms with Crippen molar-refractivity contribution in [2.75, 3.05) is 0 Å². The molecule has 0 saturated heterocycles. The number of rotatable bonds is 2. The molecule has 6 nitrogen and oxygen atoms in total. The second kappa shape index (κ2) is 4.47. The van der Waals surface area contributed by atoms with Crippen molar-refractivity contribution < 1.29 is 9.59 Å². The van der Waals surface area contributed by atoms with Gasteiger partial charge in [0.2, 0.25) is 0 Å². The SMILES string of the molecule is N#CC1(C#N)CC(C=O)=C(N)[C@]1(C#N)[C@H]1CCCC1=O. The number of nitriles is 3. The first-order valence-corrected chi connectivity index (χ1v) is 6.23. The lowest BCUT2D eigenvalue weighted by atomic mass is 9.59. The van der Waals surface area contributed by atoms with Crippen molar-refractivity contribution in [3.05, 3.63) is 11.3 Å². The van der Waals surface area contributed by atoms with Gasteiger partial charge in [-0.3, -0.25) is 9.59 Å². The Morgan fingerprint density at radius 3 is 2.30 bits per heavy atom. The van der Waals surface area contributed by atoms with Crippen LogP contribution in [0, 0.1) is 50.7 Å². The lowest BCUT2D eigenvalue weighted by molar-refractivity contribution is -0.123. The number of allylic oxidation sites excluding steroid dienone is 2. The van der Waals surface area contributed by atoms with Crippen LogP contribution in [0.2, 0.25) is 0 Å². The molecule has 1 fully saturated rings. The zero-order chi connectivity index (χ0) is 15.0. The minimum absolute atomic E-state index is 0.0781.